The Hall–Kier alpha value is -1.27. The SMILES string of the molecule is CC(=O)c1cccc(C#CCS)n1. The third-order valence-corrected chi connectivity index (χ3v) is 1.56. The molecular weight excluding hydrogens is 182 g/mol. The van der Waals surface area contributed by atoms with Crippen molar-refractivity contribution in [1.29, 1.82) is 0 Å². The van der Waals surface area contributed by atoms with Gasteiger partial charge in [-0.15, -0.1) is 0 Å². The van der Waals surface area contributed by atoms with Crippen LogP contribution in [0.4, 0.5) is 0 Å². The van der Waals surface area contributed by atoms with Crippen LogP contribution in [0.2, 0.25) is 0 Å². The molecule has 0 aliphatic rings. The van der Waals surface area contributed by atoms with E-state index in [0.717, 1.165) is 0 Å². The molecule has 0 N–H and O–H groups in total. The van der Waals surface area contributed by atoms with Crippen molar-refractivity contribution < 1.29 is 4.79 Å². The van der Waals surface area contributed by atoms with E-state index in [1.165, 1.54) is 6.92 Å². The summed E-state index contributed by atoms with van der Waals surface area (Å²) in [5.74, 6) is 6.02. The summed E-state index contributed by atoms with van der Waals surface area (Å²) in [6.07, 6.45) is 0. The number of pyridine rings is 1. The van der Waals surface area contributed by atoms with E-state index < -0.39 is 0 Å². The number of ketones is 1. The molecule has 0 unspecified atom stereocenters. The van der Waals surface area contributed by atoms with Crippen molar-refractivity contribution in [2.45, 2.75) is 6.92 Å². The first-order chi connectivity index (χ1) is 6.24. The van der Waals surface area contributed by atoms with Crippen LogP contribution < -0.4 is 0 Å². The molecule has 0 fully saturated rings. The van der Waals surface area contributed by atoms with Crippen molar-refractivity contribution in [3.8, 4) is 11.8 Å². The van der Waals surface area contributed by atoms with Crippen molar-refractivity contribution in [3.63, 3.8) is 0 Å². The minimum atomic E-state index is -0.0467. The molecule has 2 nitrogen and oxygen atoms in total. The summed E-state index contributed by atoms with van der Waals surface area (Å²) >= 11 is 3.95. The van der Waals surface area contributed by atoms with Crippen LogP contribution in [0.3, 0.4) is 0 Å². The summed E-state index contributed by atoms with van der Waals surface area (Å²) in [7, 11) is 0. The Morgan fingerprint density at radius 2 is 2.38 bits per heavy atom. The van der Waals surface area contributed by atoms with Crippen molar-refractivity contribution in [2.24, 2.45) is 0 Å². The molecule has 0 aromatic carbocycles. The number of carbonyl (C=O) groups excluding carboxylic acids is 1. The zero-order chi connectivity index (χ0) is 9.68. The second kappa shape index (κ2) is 4.68. The van der Waals surface area contributed by atoms with Gasteiger partial charge in [-0.05, 0) is 18.1 Å². The van der Waals surface area contributed by atoms with E-state index in [9.17, 15) is 4.79 Å². The topological polar surface area (TPSA) is 30.0 Å². The zero-order valence-electron chi connectivity index (χ0n) is 7.24. The Morgan fingerprint density at radius 3 is 3.00 bits per heavy atom. The monoisotopic (exact) mass is 191 g/mol. The number of Topliss-reactive ketones (excluding diaryl/α,β-unsaturated/α-hetero) is 1. The number of hydrogen-bond acceptors (Lipinski definition) is 3. The molecule has 0 saturated heterocycles. The van der Waals surface area contributed by atoms with Gasteiger partial charge in [0.2, 0.25) is 0 Å². The number of aromatic nitrogens is 1. The fourth-order valence-electron chi connectivity index (χ4n) is 0.830. The Morgan fingerprint density at radius 1 is 1.62 bits per heavy atom. The molecule has 1 rings (SSSR count). The summed E-state index contributed by atoms with van der Waals surface area (Å²) in [5, 5.41) is 0. The predicted molar refractivity (Wildman–Crippen MR) is 55.0 cm³/mol. The normalized spacial score (nSPS) is 8.77. The average molecular weight is 191 g/mol. The molecule has 1 aromatic rings. The maximum atomic E-state index is 10.9. The number of nitrogens with zero attached hydrogens (tertiary/aromatic N) is 1. The highest BCUT2D eigenvalue weighted by atomic mass is 32.1. The molecule has 0 amide bonds. The lowest BCUT2D eigenvalue weighted by Crippen LogP contribution is -1.97. The molecule has 1 heterocycles. The van der Waals surface area contributed by atoms with E-state index in [-0.39, 0.29) is 5.78 Å². The van der Waals surface area contributed by atoms with Gasteiger partial charge in [-0.25, -0.2) is 4.98 Å². The van der Waals surface area contributed by atoms with E-state index in [2.05, 4.69) is 29.5 Å². The van der Waals surface area contributed by atoms with Crippen molar-refractivity contribution in [1.82, 2.24) is 4.98 Å². The Balaban J connectivity index is 2.98. The van der Waals surface area contributed by atoms with Crippen LogP contribution in [0.1, 0.15) is 23.1 Å². The fourth-order valence-corrected chi connectivity index (χ4v) is 0.910. The second-order valence-corrected chi connectivity index (χ2v) is 2.74. The molecule has 0 aliphatic heterocycles. The molecule has 13 heavy (non-hydrogen) atoms. The molecule has 0 atom stereocenters. The molecule has 0 radical (unpaired) electrons. The standard InChI is InChI=1S/C10H9NOS/c1-8(12)10-6-2-4-9(11-10)5-3-7-13/h2,4,6,13H,7H2,1H3. The van der Waals surface area contributed by atoms with E-state index >= 15 is 0 Å². The highest BCUT2D eigenvalue weighted by Gasteiger charge is 1.99. The predicted octanol–water partition coefficient (Wildman–Crippen LogP) is 1.57. The van der Waals surface area contributed by atoms with Gasteiger partial charge in [-0.2, -0.15) is 12.6 Å². The van der Waals surface area contributed by atoms with Gasteiger partial charge in [0.05, 0.1) is 5.75 Å². The number of carbonyl (C=O) groups is 1. The minimum absolute atomic E-state index is 0.0467. The van der Waals surface area contributed by atoms with Gasteiger partial charge in [-0.1, -0.05) is 12.0 Å². The van der Waals surface area contributed by atoms with Gasteiger partial charge in [0.15, 0.2) is 5.78 Å². The van der Waals surface area contributed by atoms with Crippen LogP contribution in [0.5, 0.6) is 0 Å². The van der Waals surface area contributed by atoms with Gasteiger partial charge >= 0.3 is 0 Å². The van der Waals surface area contributed by atoms with E-state index in [0.29, 0.717) is 17.1 Å². The average Bonchev–Trinajstić information content (AvgIpc) is 2.15. The van der Waals surface area contributed by atoms with E-state index in [1.807, 2.05) is 0 Å². The molecule has 0 spiro atoms. The molecule has 0 aliphatic carbocycles. The number of hydrogen-bond donors (Lipinski definition) is 1. The molecule has 0 bridgehead atoms. The van der Waals surface area contributed by atoms with Gasteiger partial charge < -0.3 is 0 Å². The molecule has 3 heteroatoms. The van der Waals surface area contributed by atoms with Gasteiger partial charge in [-0.3, -0.25) is 4.79 Å². The quantitative estimate of drug-likeness (QED) is 0.415. The Kier molecular flexibility index (Phi) is 3.53. The lowest BCUT2D eigenvalue weighted by atomic mass is 10.2. The Labute approximate surface area is 82.8 Å². The van der Waals surface area contributed by atoms with Gasteiger partial charge in [0, 0.05) is 6.92 Å². The van der Waals surface area contributed by atoms with E-state index in [4.69, 9.17) is 0 Å². The van der Waals surface area contributed by atoms with Gasteiger partial charge in [0.25, 0.3) is 0 Å². The smallest absolute Gasteiger partial charge is 0.178 e. The second-order valence-electron chi connectivity index (χ2n) is 2.42. The van der Waals surface area contributed by atoms with E-state index in [1.54, 1.807) is 18.2 Å². The van der Waals surface area contributed by atoms with Gasteiger partial charge in [0.1, 0.15) is 11.4 Å². The number of thiol groups is 1. The first kappa shape index (κ1) is 9.82. The zero-order valence-corrected chi connectivity index (χ0v) is 8.14. The highest BCUT2D eigenvalue weighted by Crippen LogP contribution is 1.98. The van der Waals surface area contributed by atoms with Crippen molar-refractivity contribution >= 4 is 18.4 Å². The third-order valence-electron chi connectivity index (χ3n) is 1.41. The first-order valence-electron chi connectivity index (χ1n) is 3.82. The maximum absolute atomic E-state index is 10.9. The van der Waals surface area contributed by atoms with Crippen LogP contribution in [0, 0.1) is 11.8 Å². The highest BCUT2D eigenvalue weighted by molar-refractivity contribution is 7.80. The minimum Gasteiger partial charge on any atom is -0.293 e. The van der Waals surface area contributed by atoms with Crippen molar-refractivity contribution in [2.75, 3.05) is 5.75 Å². The lowest BCUT2D eigenvalue weighted by molar-refractivity contribution is 0.101. The summed E-state index contributed by atoms with van der Waals surface area (Å²) in [6, 6.07) is 5.21. The Bertz CT molecular complexity index is 376. The largest absolute Gasteiger partial charge is 0.293 e. The maximum Gasteiger partial charge on any atom is 0.178 e. The summed E-state index contributed by atoms with van der Waals surface area (Å²) in [6.45, 7) is 1.48. The lowest BCUT2D eigenvalue weighted by Gasteiger charge is -1.94. The molecule has 1 aromatic heterocycles. The summed E-state index contributed by atoms with van der Waals surface area (Å²) in [4.78, 5) is 15.0. The van der Waals surface area contributed by atoms with Crippen LogP contribution >= 0.6 is 12.6 Å². The molecule has 0 saturated carbocycles. The number of rotatable bonds is 1. The third kappa shape index (κ3) is 2.92. The van der Waals surface area contributed by atoms with Crippen LogP contribution in [0.25, 0.3) is 0 Å². The van der Waals surface area contributed by atoms with Crippen LogP contribution in [0.15, 0.2) is 18.2 Å². The first-order valence-corrected chi connectivity index (χ1v) is 4.45. The van der Waals surface area contributed by atoms with Crippen LogP contribution in [-0.4, -0.2) is 16.5 Å². The summed E-state index contributed by atoms with van der Waals surface area (Å²) in [5.41, 5.74) is 1.06. The van der Waals surface area contributed by atoms with Crippen molar-refractivity contribution in [3.05, 3.63) is 29.6 Å². The van der Waals surface area contributed by atoms with Crippen LogP contribution in [-0.2, 0) is 0 Å². The molecule has 66 valence electrons. The fraction of sp³-hybridized carbons (Fsp3) is 0.200. The summed E-state index contributed by atoms with van der Waals surface area (Å²) < 4.78 is 0. The molecular formula is C10H9NOS.